The number of benzene rings is 3. The minimum Gasteiger partial charge on any atom is -0.0627 e. The first kappa shape index (κ1) is 13.9. The van der Waals surface area contributed by atoms with Gasteiger partial charge in [0.05, 0.1) is 0 Å². The summed E-state index contributed by atoms with van der Waals surface area (Å²) in [6.45, 7) is 4.61. The van der Waals surface area contributed by atoms with Crippen LogP contribution in [0.5, 0.6) is 0 Å². The molecule has 3 rings (SSSR count). The Kier molecular flexibility index (Phi) is 4.06. The predicted molar refractivity (Wildman–Crippen MR) is 91.7 cm³/mol. The van der Waals surface area contributed by atoms with Crippen LogP contribution >= 0.6 is 0 Å². The number of hydrogen-bond donors (Lipinski definition) is 0. The van der Waals surface area contributed by atoms with Gasteiger partial charge in [-0.05, 0) is 34.2 Å². The van der Waals surface area contributed by atoms with E-state index in [1.165, 1.54) is 28.3 Å². The molecule has 0 radical (unpaired) electrons. The van der Waals surface area contributed by atoms with Gasteiger partial charge in [0.25, 0.3) is 0 Å². The topological polar surface area (TPSA) is 0 Å². The van der Waals surface area contributed by atoms with Crippen LogP contribution in [0.25, 0.3) is 10.8 Å². The van der Waals surface area contributed by atoms with Crippen molar-refractivity contribution >= 4 is 10.8 Å². The molecule has 3 aromatic rings. The maximum Gasteiger partial charge on any atom is 0.00919 e. The molecule has 0 N–H and O–H groups in total. The monoisotopic (exact) mass is 274 g/mol. The molecule has 0 aliphatic heterocycles. The Labute approximate surface area is 127 Å². The van der Waals surface area contributed by atoms with Gasteiger partial charge in [-0.2, -0.15) is 0 Å². The minimum atomic E-state index is 0.482. The van der Waals surface area contributed by atoms with Crippen molar-refractivity contribution in [3.63, 3.8) is 0 Å². The van der Waals surface area contributed by atoms with E-state index in [2.05, 4.69) is 86.6 Å². The number of fused-ring (bicyclic) bond motifs is 1. The summed E-state index contributed by atoms with van der Waals surface area (Å²) in [5, 5.41) is 2.65. The zero-order valence-corrected chi connectivity index (χ0v) is 12.8. The Bertz CT molecular complexity index is 710. The van der Waals surface area contributed by atoms with Crippen molar-refractivity contribution in [2.24, 2.45) is 5.92 Å². The first-order valence-electron chi connectivity index (χ1n) is 7.77. The van der Waals surface area contributed by atoms with E-state index < -0.39 is 0 Å². The zero-order valence-electron chi connectivity index (χ0n) is 12.8. The van der Waals surface area contributed by atoms with Crippen molar-refractivity contribution in [3.05, 3.63) is 83.9 Å². The second-order valence-corrected chi connectivity index (χ2v) is 6.20. The van der Waals surface area contributed by atoms with Gasteiger partial charge in [-0.1, -0.05) is 86.6 Å². The molecule has 106 valence electrons. The summed E-state index contributed by atoms with van der Waals surface area (Å²) in [5.74, 6) is 1.16. The fourth-order valence-electron chi connectivity index (χ4n) is 3.05. The lowest BCUT2D eigenvalue weighted by molar-refractivity contribution is 0.542. The van der Waals surface area contributed by atoms with Crippen LogP contribution in [-0.2, 0) is 0 Å². The molecular formula is C21H22. The van der Waals surface area contributed by atoms with Gasteiger partial charge in [-0.3, -0.25) is 0 Å². The van der Waals surface area contributed by atoms with Gasteiger partial charge in [0, 0.05) is 5.92 Å². The van der Waals surface area contributed by atoms with E-state index in [-0.39, 0.29) is 0 Å². The highest BCUT2D eigenvalue weighted by Crippen LogP contribution is 2.32. The molecule has 3 aromatic carbocycles. The summed E-state index contributed by atoms with van der Waals surface area (Å²) in [6, 6.07) is 26.4. The highest BCUT2D eigenvalue weighted by molar-refractivity contribution is 5.83. The fraction of sp³-hybridized carbons (Fsp3) is 0.238. The van der Waals surface area contributed by atoms with Gasteiger partial charge in [-0.25, -0.2) is 0 Å². The van der Waals surface area contributed by atoms with E-state index in [9.17, 15) is 0 Å². The molecule has 0 saturated carbocycles. The molecule has 0 heteroatoms. The summed E-state index contributed by atoms with van der Waals surface area (Å²) in [7, 11) is 0. The first-order valence-corrected chi connectivity index (χ1v) is 7.77. The lowest BCUT2D eigenvalue weighted by Gasteiger charge is -2.20. The molecule has 0 fully saturated rings. The Morgan fingerprint density at radius 3 is 2.05 bits per heavy atom. The van der Waals surface area contributed by atoms with Gasteiger partial charge in [0.2, 0.25) is 0 Å². The molecule has 0 saturated heterocycles. The molecule has 0 aromatic heterocycles. The van der Waals surface area contributed by atoms with Crippen LogP contribution < -0.4 is 0 Å². The highest BCUT2D eigenvalue weighted by atomic mass is 14.2. The Morgan fingerprint density at radius 2 is 1.33 bits per heavy atom. The molecular weight excluding hydrogens is 252 g/mol. The average molecular weight is 274 g/mol. The third-order valence-electron chi connectivity index (χ3n) is 4.08. The van der Waals surface area contributed by atoms with Crippen LogP contribution in [0.15, 0.2) is 72.8 Å². The van der Waals surface area contributed by atoms with Gasteiger partial charge in [0.1, 0.15) is 0 Å². The molecule has 0 amide bonds. The molecule has 1 atom stereocenters. The third kappa shape index (κ3) is 3.16. The molecule has 0 bridgehead atoms. The third-order valence-corrected chi connectivity index (χ3v) is 4.08. The minimum absolute atomic E-state index is 0.482. The Hall–Kier alpha value is -2.08. The van der Waals surface area contributed by atoms with Crippen LogP contribution in [-0.4, -0.2) is 0 Å². The van der Waals surface area contributed by atoms with Crippen LogP contribution in [0.1, 0.15) is 37.3 Å². The van der Waals surface area contributed by atoms with Crippen LogP contribution in [0, 0.1) is 5.92 Å². The van der Waals surface area contributed by atoms with E-state index >= 15 is 0 Å². The standard InChI is InChI=1S/C21H22/c1-16(2)14-21(18-9-4-3-5-10-18)20-13-12-17-8-6-7-11-19(17)15-20/h3-13,15-16,21H,14H2,1-2H3/t21-/m0/s1. The summed E-state index contributed by atoms with van der Waals surface area (Å²) in [4.78, 5) is 0. The average Bonchev–Trinajstić information content (AvgIpc) is 2.53. The van der Waals surface area contributed by atoms with E-state index in [4.69, 9.17) is 0 Å². The van der Waals surface area contributed by atoms with Crippen molar-refractivity contribution in [1.29, 1.82) is 0 Å². The van der Waals surface area contributed by atoms with Crippen molar-refractivity contribution in [2.75, 3.05) is 0 Å². The summed E-state index contributed by atoms with van der Waals surface area (Å²) >= 11 is 0. The van der Waals surface area contributed by atoms with Gasteiger partial charge >= 0.3 is 0 Å². The van der Waals surface area contributed by atoms with E-state index in [0.29, 0.717) is 11.8 Å². The first-order chi connectivity index (χ1) is 10.2. The van der Waals surface area contributed by atoms with Crippen LogP contribution in [0.3, 0.4) is 0 Å². The molecule has 21 heavy (non-hydrogen) atoms. The second kappa shape index (κ2) is 6.13. The molecule has 0 unspecified atom stereocenters. The van der Waals surface area contributed by atoms with Gasteiger partial charge in [-0.15, -0.1) is 0 Å². The maximum atomic E-state index is 2.36. The normalized spacial score (nSPS) is 12.7. The van der Waals surface area contributed by atoms with Gasteiger partial charge in [0.15, 0.2) is 0 Å². The summed E-state index contributed by atoms with van der Waals surface area (Å²) in [6.07, 6.45) is 1.18. The quantitative estimate of drug-likeness (QED) is 0.546. The number of rotatable bonds is 4. The van der Waals surface area contributed by atoms with Crippen molar-refractivity contribution < 1.29 is 0 Å². The van der Waals surface area contributed by atoms with Crippen molar-refractivity contribution in [2.45, 2.75) is 26.2 Å². The van der Waals surface area contributed by atoms with E-state index in [1.807, 2.05) is 0 Å². The van der Waals surface area contributed by atoms with Gasteiger partial charge < -0.3 is 0 Å². The molecule has 0 nitrogen and oxygen atoms in total. The SMILES string of the molecule is CC(C)C[C@@H](c1ccccc1)c1ccc2ccccc2c1. The fourth-order valence-corrected chi connectivity index (χ4v) is 3.05. The Morgan fingerprint density at radius 1 is 0.667 bits per heavy atom. The van der Waals surface area contributed by atoms with E-state index in [1.54, 1.807) is 0 Å². The smallest absolute Gasteiger partial charge is 0.00919 e. The summed E-state index contributed by atoms with van der Waals surface area (Å²) < 4.78 is 0. The lowest BCUT2D eigenvalue weighted by atomic mass is 9.84. The largest absolute Gasteiger partial charge is 0.0627 e. The predicted octanol–water partition coefficient (Wildman–Crippen LogP) is 6.02. The van der Waals surface area contributed by atoms with Crippen LogP contribution in [0.2, 0.25) is 0 Å². The van der Waals surface area contributed by atoms with Crippen LogP contribution in [0.4, 0.5) is 0 Å². The maximum absolute atomic E-state index is 2.36. The van der Waals surface area contributed by atoms with E-state index in [0.717, 1.165) is 0 Å². The highest BCUT2D eigenvalue weighted by Gasteiger charge is 2.15. The second-order valence-electron chi connectivity index (χ2n) is 6.20. The summed E-state index contributed by atoms with van der Waals surface area (Å²) in [5.41, 5.74) is 2.84. The molecule has 0 aliphatic carbocycles. The lowest BCUT2D eigenvalue weighted by Crippen LogP contribution is -2.05. The molecule has 0 heterocycles. The van der Waals surface area contributed by atoms with Crippen molar-refractivity contribution in [1.82, 2.24) is 0 Å². The molecule has 0 spiro atoms. The molecule has 0 aliphatic rings. The number of hydrogen-bond acceptors (Lipinski definition) is 0. The van der Waals surface area contributed by atoms with Crippen molar-refractivity contribution in [3.8, 4) is 0 Å². The Balaban J connectivity index is 2.05. The zero-order chi connectivity index (χ0) is 14.7.